The molecular weight excluding hydrogens is 338 g/mol. The lowest BCUT2D eigenvalue weighted by molar-refractivity contribution is 0.0270. The van der Waals surface area contributed by atoms with Crippen LogP contribution < -0.4 is 0 Å². The molecule has 0 bridgehead atoms. The van der Waals surface area contributed by atoms with Gasteiger partial charge < -0.3 is 9.64 Å². The molecule has 1 aliphatic heterocycles. The fraction of sp³-hybridized carbons (Fsp3) is 0.500. The molecule has 0 spiro atoms. The second-order valence-electron chi connectivity index (χ2n) is 7.33. The zero-order valence-corrected chi connectivity index (χ0v) is 16.4. The van der Waals surface area contributed by atoms with Crippen molar-refractivity contribution >= 4 is 29.1 Å². The van der Waals surface area contributed by atoms with Crippen molar-refractivity contribution in [2.45, 2.75) is 53.1 Å². The molecule has 2 rings (SSSR count). The standard InChI is InChI=1S/C20H26ClNO3/c1-6-18(23)16-12-17(21)13(2)11-15(16)14-7-9-22(10-8-14)19(24)25-20(3,4)5/h7,11-12H,6,8-10H2,1-5H3. The first-order chi connectivity index (χ1) is 11.6. The minimum absolute atomic E-state index is 0.0763. The monoisotopic (exact) mass is 363 g/mol. The van der Waals surface area contributed by atoms with Crippen molar-refractivity contribution in [1.82, 2.24) is 4.90 Å². The van der Waals surface area contributed by atoms with E-state index in [1.54, 1.807) is 11.0 Å². The Bertz CT molecular complexity index is 716. The predicted octanol–water partition coefficient (Wildman–Crippen LogP) is 5.27. The molecule has 0 saturated heterocycles. The number of rotatable bonds is 3. The Labute approximate surface area is 154 Å². The van der Waals surface area contributed by atoms with E-state index in [0.29, 0.717) is 36.5 Å². The molecule has 1 aromatic rings. The Hall–Kier alpha value is -1.81. The van der Waals surface area contributed by atoms with Gasteiger partial charge in [-0.3, -0.25) is 4.79 Å². The Morgan fingerprint density at radius 2 is 1.96 bits per heavy atom. The van der Waals surface area contributed by atoms with E-state index in [-0.39, 0.29) is 11.9 Å². The van der Waals surface area contributed by atoms with Crippen LogP contribution in [0.3, 0.4) is 0 Å². The third kappa shape index (κ3) is 4.85. The van der Waals surface area contributed by atoms with Gasteiger partial charge >= 0.3 is 6.09 Å². The van der Waals surface area contributed by atoms with Crippen LogP contribution in [0.15, 0.2) is 18.2 Å². The maximum atomic E-state index is 12.3. The van der Waals surface area contributed by atoms with Crippen LogP contribution >= 0.6 is 11.6 Å². The van der Waals surface area contributed by atoms with Crippen LogP contribution in [-0.4, -0.2) is 35.5 Å². The smallest absolute Gasteiger partial charge is 0.410 e. The number of carbonyl (C=O) groups excluding carboxylic acids is 2. The molecule has 1 amide bonds. The molecule has 0 saturated carbocycles. The minimum atomic E-state index is -0.505. The Balaban J connectivity index is 2.25. The molecule has 1 aromatic carbocycles. The van der Waals surface area contributed by atoms with Crippen molar-refractivity contribution in [3.63, 3.8) is 0 Å². The molecule has 0 aliphatic carbocycles. The van der Waals surface area contributed by atoms with Gasteiger partial charge in [0.15, 0.2) is 5.78 Å². The lowest BCUT2D eigenvalue weighted by atomic mass is 9.91. The molecular formula is C20H26ClNO3. The second kappa shape index (κ2) is 7.61. The van der Waals surface area contributed by atoms with E-state index in [1.807, 2.05) is 46.8 Å². The maximum Gasteiger partial charge on any atom is 0.410 e. The highest BCUT2D eigenvalue weighted by Crippen LogP contribution is 2.31. The number of aryl methyl sites for hydroxylation is 1. The Kier molecular flexibility index (Phi) is 5.94. The first-order valence-corrected chi connectivity index (χ1v) is 9.01. The van der Waals surface area contributed by atoms with Gasteiger partial charge in [-0.15, -0.1) is 0 Å². The first kappa shape index (κ1) is 19.5. The average molecular weight is 364 g/mol. The summed E-state index contributed by atoms with van der Waals surface area (Å²) in [6, 6.07) is 3.74. The molecule has 25 heavy (non-hydrogen) atoms. The molecule has 0 radical (unpaired) electrons. The lowest BCUT2D eigenvalue weighted by Crippen LogP contribution is -2.39. The summed E-state index contributed by atoms with van der Waals surface area (Å²) < 4.78 is 5.42. The maximum absolute atomic E-state index is 12.3. The van der Waals surface area contributed by atoms with E-state index in [9.17, 15) is 9.59 Å². The highest BCUT2D eigenvalue weighted by molar-refractivity contribution is 6.31. The van der Waals surface area contributed by atoms with Crippen molar-refractivity contribution in [2.24, 2.45) is 0 Å². The highest BCUT2D eigenvalue weighted by Gasteiger charge is 2.25. The van der Waals surface area contributed by atoms with Crippen LogP contribution in [0.25, 0.3) is 5.57 Å². The number of hydrogen-bond donors (Lipinski definition) is 0. The summed E-state index contributed by atoms with van der Waals surface area (Å²) in [7, 11) is 0. The quantitative estimate of drug-likeness (QED) is 0.687. The van der Waals surface area contributed by atoms with Gasteiger partial charge in [0.25, 0.3) is 0 Å². The largest absolute Gasteiger partial charge is 0.444 e. The number of nitrogens with zero attached hydrogens (tertiary/aromatic N) is 1. The van der Waals surface area contributed by atoms with Gasteiger partial charge in [0.1, 0.15) is 5.60 Å². The van der Waals surface area contributed by atoms with Gasteiger partial charge in [-0.25, -0.2) is 4.79 Å². The lowest BCUT2D eigenvalue weighted by Gasteiger charge is -2.30. The first-order valence-electron chi connectivity index (χ1n) is 8.63. The van der Waals surface area contributed by atoms with E-state index in [4.69, 9.17) is 16.3 Å². The third-order valence-electron chi connectivity index (χ3n) is 4.13. The fourth-order valence-corrected chi connectivity index (χ4v) is 2.94. The van der Waals surface area contributed by atoms with E-state index >= 15 is 0 Å². The van der Waals surface area contributed by atoms with Crippen molar-refractivity contribution < 1.29 is 14.3 Å². The zero-order valence-electron chi connectivity index (χ0n) is 15.6. The van der Waals surface area contributed by atoms with Crippen LogP contribution in [0.5, 0.6) is 0 Å². The summed E-state index contributed by atoms with van der Waals surface area (Å²) in [5.74, 6) is 0.0763. The number of benzene rings is 1. The highest BCUT2D eigenvalue weighted by atomic mass is 35.5. The van der Waals surface area contributed by atoms with Crippen LogP contribution in [0.1, 0.15) is 62.0 Å². The van der Waals surface area contributed by atoms with Crippen molar-refractivity contribution in [3.05, 3.63) is 39.9 Å². The summed E-state index contributed by atoms with van der Waals surface area (Å²) >= 11 is 6.21. The third-order valence-corrected chi connectivity index (χ3v) is 4.53. The Morgan fingerprint density at radius 1 is 1.28 bits per heavy atom. The molecule has 0 atom stereocenters. The van der Waals surface area contributed by atoms with Crippen molar-refractivity contribution in [3.8, 4) is 0 Å². The number of halogens is 1. The van der Waals surface area contributed by atoms with Crippen molar-refractivity contribution in [1.29, 1.82) is 0 Å². The molecule has 0 unspecified atom stereocenters. The number of Topliss-reactive ketones (excluding diaryl/α,β-unsaturated/α-hetero) is 1. The number of hydrogen-bond acceptors (Lipinski definition) is 3. The summed E-state index contributed by atoms with van der Waals surface area (Å²) in [6.45, 7) is 10.4. The summed E-state index contributed by atoms with van der Waals surface area (Å²) in [5.41, 5.74) is 3.11. The number of amides is 1. The number of carbonyl (C=O) groups is 2. The number of ether oxygens (including phenoxy) is 1. The molecule has 0 aromatic heterocycles. The molecule has 5 heteroatoms. The molecule has 0 N–H and O–H groups in total. The molecule has 4 nitrogen and oxygen atoms in total. The van der Waals surface area contributed by atoms with Gasteiger partial charge in [0.2, 0.25) is 0 Å². The van der Waals surface area contributed by atoms with Crippen molar-refractivity contribution in [2.75, 3.05) is 13.1 Å². The van der Waals surface area contributed by atoms with Crippen LogP contribution in [0.4, 0.5) is 4.79 Å². The van der Waals surface area contributed by atoms with E-state index in [0.717, 1.165) is 16.7 Å². The van der Waals surface area contributed by atoms with E-state index in [1.165, 1.54) is 0 Å². The summed E-state index contributed by atoms with van der Waals surface area (Å²) in [6.07, 6.45) is 2.82. The summed E-state index contributed by atoms with van der Waals surface area (Å²) in [4.78, 5) is 26.2. The van der Waals surface area contributed by atoms with Crippen LogP contribution in [-0.2, 0) is 4.74 Å². The van der Waals surface area contributed by atoms with Gasteiger partial charge in [-0.05, 0) is 62.9 Å². The van der Waals surface area contributed by atoms with Crippen LogP contribution in [0, 0.1) is 6.92 Å². The molecule has 0 fully saturated rings. The molecule has 136 valence electrons. The topological polar surface area (TPSA) is 46.6 Å². The summed E-state index contributed by atoms with van der Waals surface area (Å²) in [5, 5.41) is 0.604. The average Bonchev–Trinajstić information content (AvgIpc) is 2.54. The van der Waals surface area contributed by atoms with Gasteiger partial charge in [-0.2, -0.15) is 0 Å². The molecule has 1 heterocycles. The van der Waals surface area contributed by atoms with E-state index in [2.05, 4.69) is 0 Å². The number of ketones is 1. The molecule has 1 aliphatic rings. The predicted molar refractivity (Wildman–Crippen MR) is 101 cm³/mol. The normalized spacial score (nSPS) is 15.0. The van der Waals surface area contributed by atoms with Gasteiger partial charge in [0, 0.05) is 30.1 Å². The van der Waals surface area contributed by atoms with E-state index < -0.39 is 5.60 Å². The Morgan fingerprint density at radius 3 is 2.48 bits per heavy atom. The van der Waals surface area contributed by atoms with Gasteiger partial charge in [-0.1, -0.05) is 24.6 Å². The second-order valence-corrected chi connectivity index (χ2v) is 7.74. The fourth-order valence-electron chi connectivity index (χ4n) is 2.77. The van der Waals surface area contributed by atoms with Crippen LogP contribution in [0.2, 0.25) is 5.02 Å². The SMILES string of the molecule is CCC(=O)c1cc(Cl)c(C)cc1C1=CCN(C(=O)OC(C)(C)C)CC1. The zero-order chi connectivity index (χ0) is 18.8. The van der Waals surface area contributed by atoms with Gasteiger partial charge in [0.05, 0.1) is 0 Å². The minimum Gasteiger partial charge on any atom is -0.444 e.